The Labute approximate surface area is 107 Å². The Balaban J connectivity index is 2.36. The predicted molar refractivity (Wildman–Crippen MR) is 71.1 cm³/mol. The summed E-state index contributed by atoms with van der Waals surface area (Å²) in [6.07, 6.45) is 1.88. The van der Waals surface area contributed by atoms with Crippen molar-refractivity contribution in [1.82, 2.24) is 10.6 Å². The van der Waals surface area contributed by atoms with Gasteiger partial charge in [0.1, 0.15) is 0 Å². The summed E-state index contributed by atoms with van der Waals surface area (Å²) in [6, 6.07) is 7.69. The van der Waals surface area contributed by atoms with Gasteiger partial charge in [-0.25, -0.2) is 0 Å². The molecule has 0 aliphatic carbocycles. The first-order chi connectivity index (χ1) is 8.63. The number of nitrogens with one attached hydrogen (secondary N) is 2. The van der Waals surface area contributed by atoms with E-state index in [0.717, 1.165) is 11.1 Å². The zero-order chi connectivity index (χ0) is 13.4. The van der Waals surface area contributed by atoms with Gasteiger partial charge in [-0.3, -0.25) is 9.59 Å². The lowest BCUT2D eigenvalue weighted by atomic mass is 10.1. The van der Waals surface area contributed by atoms with Crippen molar-refractivity contribution in [1.29, 1.82) is 0 Å². The number of benzene rings is 1. The summed E-state index contributed by atoms with van der Waals surface area (Å²) in [5.41, 5.74) is 2.05. The van der Waals surface area contributed by atoms with Crippen LogP contribution in [0.15, 0.2) is 36.9 Å². The summed E-state index contributed by atoms with van der Waals surface area (Å²) < 4.78 is 0. The first kappa shape index (κ1) is 14.0. The highest BCUT2D eigenvalue weighted by Gasteiger charge is 2.07. The Bertz CT molecular complexity index is 441. The Morgan fingerprint density at radius 3 is 2.61 bits per heavy atom. The van der Waals surface area contributed by atoms with Crippen molar-refractivity contribution < 1.29 is 9.59 Å². The highest BCUT2D eigenvalue weighted by Crippen LogP contribution is 2.07. The van der Waals surface area contributed by atoms with Crippen molar-refractivity contribution in [2.45, 2.75) is 13.3 Å². The van der Waals surface area contributed by atoms with Gasteiger partial charge in [0.25, 0.3) is 0 Å². The molecular weight excluding hydrogens is 228 g/mol. The van der Waals surface area contributed by atoms with Crippen LogP contribution in [0.2, 0.25) is 0 Å². The Morgan fingerprint density at radius 2 is 1.94 bits per heavy atom. The molecule has 0 aliphatic heterocycles. The standard InChI is InChI=1S/C14H18N2O2/c1-3-8-15-14(18)10-16-13(17)9-12-7-5-4-6-11(12)2/h3-7H,1,8-10H2,2H3,(H,15,18)(H,16,17). The molecular formula is C14H18N2O2. The molecule has 1 rings (SSSR count). The molecule has 96 valence electrons. The van der Waals surface area contributed by atoms with Crippen LogP contribution in [0, 0.1) is 6.92 Å². The minimum absolute atomic E-state index is 0.00143. The minimum atomic E-state index is -0.215. The van der Waals surface area contributed by atoms with E-state index in [-0.39, 0.29) is 18.4 Å². The zero-order valence-electron chi connectivity index (χ0n) is 10.5. The van der Waals surface area contributed by atoms with Gasteiger partial charge >= 0.3 is 0 Å². The van der Waals surface area contributed by atoms with Gasteiger partial charge in [-0.1, -0.05) is 30.3 Å². The molecule has 0 heterocycles. The monoisotopic (exact) mass is 246 g/mol. The van der Waals surface area contributed by atoms with Gasteiger partial charge in [-0.15, -0.1) is 6.58 Å². The van der Waals surface area contributed by atoms with E-state index in [1.807, 2.05) is 31.2 Å². The van der Waals surface area contributed by atoms with Crippen LogP contribution in [0.25, 0.3) is 0 Å². The second-order valence-electron chi connectivity index (χ2n) is 3.97. The maximum atomic E-state index is 11.6. The molecule has 0 atom stereocenters. The van der Waals surface area contributed by atoms with Crippen molar-refractivity contribution in [2.75, 3.05) is 13.1 Å². The molecule has 2 amide bonds. The number of amides is 2. The third kappa shape index (κ3) is 4.82. The number of hydrogen-bond donors (Lipinski definition) is 2. The molecule has 2 N–H and O–H groups in total. The first-order valence-electron chi connectivity index (χ1n) is 5.82. The molecule has 0 fully saturated rings. The van der Waals surface area contributed by atoms with E-state index < -0.39 is 0 Å². The zero-order valence-corrected chi connectivity index (χ0v) is 10.5. The SMILES string of the molecule is C=CCNC(=O)CNC(=O)Cc1ccccc1C. The molecule has 0 bridgehead atoms. The maximum Gasteiger partial charge on any atom is 0.239 e. The summed E-state index contributed by atoms with van der Waals surface area (Å²) in [6.45, 7) is 5.86. The Kier molecular flexibility index (Phi) is 5.64. The molecule has 0 aromatic heterocycles. The molecule has 0 aliphatic rings. The van der Waals surface area contributed by atoms with Gasteiger partial charge in [-0.05, 0) is 18.1 Å². The average molecular weight is 246 g/mol. The number of carbonyl (C=O) groups excluding carboxylic acids is 2. The molecule has 1 aromatic rings. The highest BCUT2D eigenvalue weighted by molar-refractivity contribution is 5.85. The van der Waals surface area contributed by atoms with Crippen LogP contribution < -0.4 is 10.6 Å². The summed E-state index contributed by atoms with van der Waals surface area (Å²) >= 11 is 0. The summed E-state index contributed by atoms with van der Waals surface area (Å²) in [5, 5.41) is 5.17. The first-order valence-corrected chi connectivity index (χ1v) is 5.82. The van der Waals surface area contributed by atoms with Crippen molar-refractivity contribution in [3.63, 3.8) is 0 Å². The largest absolute Gasteiger partial charge is 0.351 e. The fourth-order valence-electron chi connectivity index (χ4n) is 1.47. The quantitative estimate of drug-likeness (QED) is 0.734. The molecule has 4 heteroatoms. The second kappa shape index (κ2) is 7.27. The summed E-state index contributed by atoms with van der Waals surface area (Å²) in [5.74, 6) is -0.369. The average Bonchev–Trinajstić information content (AvgIpc) is 2.36. The van der Waals surface area contributed by atoms with Crippen LogP contribution >= 0.6 is 0 Å². The van der Waals surface area contributed by atoms with Crippen LogP contribution in [0.5, 0.6) is 0 Å². The maximum absolute atomic E-state index is 11.6. The van der Waals surface area contributed by atoms with Crippen molar-refractivity contribution in [3.05, 3.63) is 48.0 Å². The Hall–Kier alpha value is -2.10. The van der Waals surface area contributed by atoms with E-state index in [4.69, 9.17) is 0 Å². The third-order valence-electron chi connectivity index (χ3n) is 2.50. The highest BCUT2D eigenvalue weighted by atomic mass is 16.2. The topological polar surface area (TPSA) is 58.2 Å². The van der Waals surface area contributed by atoms with Gasteiger partial charge < -0.3 is 10.6 Å². The van der Waals surface area contributed by atoms with Crippen LogP contribution in [-0.4, -0.2) is 24.9 Å². The van der Waals surface area contributed by atoms with E-state index >= 15 is 0 Å². The fourth-order valence-corrected chi connectivity index (χ4v) is 1.47. The van der Waals surface area contributed by atoms with Gasteiger partial charge in [-0.2, -0.15) is 0 Å². The van der Waals surface area contributed by atoms with Gasteiger partial charge in [0.15, 0.2) is 0 Å². The lowest BCUT2D eigenvalue weighted by Crippen LogP contribution is -2.37. The van der Waals surface area contributed by atoms with Gasteiger partial charge in [0, 0.05) is 6.54 Å². The fraction of sp³-hybridized carbons (Fsp3) is 0.286. The summed E-state index contributed by atoms with van der Waals surface area (Å²) in [7, 11) is 0. The van der Waals surface area contributed by atoms with E-state index in [9.17, 15) is 9.59 Å². The van der Waals surface area contributed by atoms with E-state index in [2.05, 4.69) is 17.2 Å². The number of aryl methyl sites for hydroxylation is 1. The van der Waals surface area contributed by atoms with E-state index in [1.165, 1.54) is 0 Å². The van der Waals surface area contributed by atoms with Crippen molar-refractivity contribution >= 4 is 11.8 Å². The van der Waals surface area contributed by atoms with E-state index in [1.54, 1.807) is 6.08 Å². The van der Waals surface area contributed by atoms with Crippen molar-refractivity contribution in [2.24, 2.45) is 0 Å². The lowest BCUT2D eigenvalue weighted by Gasteiger charge is -2.07. The molecule has 0 saturated heterocycles. The van der Waals surface area contributed by atoms with Crippen LogP contribution in [0.3, 0.4) is 0 Å². The normalized spacial score (nSPS) is 9.61. The Morgan fingerprint density at radius 1 is 1.22 bits per heavy atom. The minimum Gasteiger partial charge on any atom is -0.351 e. The number of rotatable bonds is 6. The second-order valence-corrected chi connectivity index (χ2v) is 3.97. The lowest BCUT2D eigenvalue weighted by molar-refractivity contribution is -0.125. The van der Waals surface area contributed by atoms with Crippen molar-refractivity contribution in [3.8, 4) is 0 Å². The van der Waals surface area contributed by atoms with Gasteiger partial charge in [0.05, 0.1) is 13.0 Å². The molecule has 1 aromatic carbocycles. The van der Waals surface area contributed by atoms with Gasteiger partial charge in [0.2, 0.25) is 11.8 Å². The predicted octanol–water partition coefficient (Wildman–Crippen LogP) is 0.956. The molecule has 0 unspecified atom stereocenters. The molecule has 4 nitrogen and oxygen atoms in total. The van der Waals surface area contributed by atoms with E-state index in [0.29, 0.717) is 13.0 Å². The smallest absolute Gasteiger partial charge is 0.239 e. The summed E-state index contributed by atoms with van der Waals surface area (Å²) in [4.78, 5) is 22.9. The molecule has 0 radical (unpaired) electrons. The number of hydrogen-bond acceptors (Lipinski definition) is 2. The van der Waals surface area contributed by atoms with Crippen LogP contribution in [-0.2, 0) is 16.0 Å². The third-order valence-corrected chi connectivity index (χ3v) is 2.50. The van der Waals surface area contributed by atoms with Crippen LogP contribution in [0.1, 0.15) is 11.1 Å². The molecule has 0 saturated carbocycles. The number of carbonyl (C=O) groups is 2. The molecule has 18 heavy (non-hydrogen) atoms. The van der Waals surface area contributed by atoms with Crippen LogP contribution in [0.4, 0.5) is 0 Å². The molecule has 0 spiro atoms.